The number of rotatable bonds is 3. The number of nitrogens with zero attached hydrogens (tertiary/aromatic N) is 3. The molecule has 1 N–H and O–H groups in total. The third-order valence-corrected chi connectivity index (χ3v) is 5.38. The van der Waals surface area contributed by atoms with E-state index in [-0.39, 0.29) is 22.8 Å². The summed E-state index contributed by atoms with van der Waals surface area (Å²) in [5, 5.41) is 14.5. The van der Waals surface area contributed by atoms with Gasteiger partial charge in [-0.1, -0.05) is 41.4 Å². The molecule has 2 aromatic carbocycles. The van der Waals surface area contributed by atoms with Crippen LogP contribution in [-0.4, -0.2) is 19.7 Å². The Kier molecular flexibility index (Phi) is 4.91. The molecule has 0 saturated carbocycles. The number of aromatic nitrogens is 3. The van der Waals surface area contributed by atoms with Gasteiger partial charge in [0.25, 0.3) is 0 Å². The number of hydrogen-bond acceptors (Lipinski definition) is 4. The maximum atomic E-state index is 14.1. The number of thiol groups is 1. The molecule has 2 heterocycles. The van der Waals surface area contributed by atoms with Crippen molar-refractivity contribution in [2.75, 3.05) is 0 Å². The molecule has 1 atom stereocenters. The summed E-state index contributed by atoms with van der Waals surface area (Å²) in [5.41, 5.74) is 1.42. The number of fused-ring (bicyclic) bond motifs is 1. The van der Waals surface area contributed by atoms with Crippen molar-refractivity contribution in [3.63, 3.8) is 0 Å². The van der Waals surface area contributed by atoms with Gasteiger partial charge in [-0.3, -0.25) is 0 Å². The molecule has 4 aromatic rings. The average Bonchev–Trinajstić information content (AvgIpc) is 3.07. The van der Waals surface area contributed by atoms with Crippen molar-refractivity contribution in [1.29, 1.82) is 0 Å². The maximum absolute atomic E-state index is 14.1. The summed E-state index contributed by atoms with van der Waals surface area (Å²) >= 11 is 16.8. The molecular weight excluding hydrogens is 427 g/mol. The average molecular weight is 438 g/mol. The normalized spacial score (nSPS) is 12.5. The highest BCUT2D eigenvalue weighted by atomic mass is 35.5. The number of benzene rings is 2. The van der Waals surface area contributed by atoms with Crippen molar-refractivity contribution in [3.05, 3.63) is 81.5 Å². The van der Waals surface area contributed by atoms with Crippen LogP contribution >= 0.6 is 35.8 Å². The molecule has 28 heavy (non-hydrogen) atoms. The fourth-order valence-electron chi connectivity index (χ4n) is 2.87. The molecule has 0 saturated heterocycles. The molecule has 0 spiro atoms. The maximum Gasteiger partial charge on any atom is 0.215 e. The van der Waals surface area contributed by atoms with Gasteiger partial charge in [-0.25, -0.2) is 13.8 Å². The number of halogens is 4. The third-order valence-electron chi connectivity index (χ3n) is 4.20. The van der Waals surface area contributed by atoms with Crippen molar-refractivity contribution >= 4 is 41.5 Å². The van der Waals surface area contributed by atoms with E-state index in [0.717, 1.165) is 6.07 Å². The van der Waals surface area contributed by atoms with Crippen LogP contribution in [0.25, 0.3) is 16.9 Å². The fraction of sp³-hybridized carbons (Fsp3) is 0.0526. The first-order chi connectivity index (χ1) is 13.4. The zero-order valence-corrected chi connectivity index (χ0v) is 16.4. The number of hydrogen-bond donors (Lipinski definition) is 2. The Morgan fingerprint density at radius 1 is 1.04 bits per heavy atom. The molecule has 4 rings (SSSR count). The van der Waals surface area contributed by atoms with E-state index in [1.807, 2.05) is 0 Å². The summed E-state index contributed by atoms with van der Waals surface area (Å²) in [7, 11) is 0. The molecule has 0 amide bonds. The molecule has 0 aliphatic heterocycles. The van der Waals surface area contributed by atoms with Gasteiger partial charge in [-0.15, -0.1) is 0 Å². The van der Waals surface area contributed by atoms with Crippen LogP contribution in [0.2, 0.25) is 10.0 Å². The van der Waals surface area contributed by atoms with Crippen molar-refractivity contribution < 1.29 is 13.9 Å². The lowest BCUT2D eigenvalue weighted by Gasteiger charge is -2.12. The summed E-state index contributed by atoms with van der Waals surface area (Å²) in [6.45, 7) is 0. The zero-order chi connectivity index (χ0) is 20.0. The van der Waals surface area contributed by atoms with E-state index in [9.17, 15) is 13.9 Å². The largest absolute Gasteiger partial charge is 0.493 e. The van der Waals surface area contributed by atoms with Crippen LogP contribution in [0.4, 0.5) is 8.78 Å². The summed E-state index contributed by atoms with van der Waals surface area (Å²) in [6, 6.07) is 11.7. The lowest BCUT2D eigenvalue weighted by molar-refractivity contribution is 0.434. The Hall–Kier alpha value is -2.35. The summed E-state index contributed by atoms with van der Waals surface area (Å²) < 4.78 is 28.8. The predicted molar refractivity (Wildman–Crippen MR) is 107 cm³/mol. The lowest BCUT2D eigenvalue weighted by Crippen LogP contribution is -2.03. The molecule has 0 radical (unpaired) electrons. The molecule has 142 valence electrons. The van der Waals surface area contributed by atoms with Gasteiger partial charge in [0, 0.05) is 23.3 Å². The SMILES string of the molecule is Oc1cc(C(S)c2cccc(F)c2F)nc2cc(-c3c(Cl)cccc3Cl)nn12. The first-order valence-corrected chi connectivity index (χ1v) is 9.30. The fourth-order valence-corrected chi connectivity index (χ4v) is 3.80. The van der Waals surface area contributed by atoms with Gasteiger partial charge in [-0.2, -0.15) is 22.2 Å². The highest BCUT2D eigenvalue weighted by Crippen LogP contribution is 2.36. The van der Waals surface area contributed by atoms with Gasteiger partial charge in [-0.05, 0) is 18.2 Å². The number of aromatic hydroxyl groups is 1. The molecular formula is C19H11Cl2F2N3OS. The van der Waals surface area contributed by atoms with Gasteiger partial charge in [0.1, 0.15) is 0 Å². The van der Waals surface area contributed by atoms with Crippen LogP contribution in [0.5, 0.6) is 5.88 Å². The Bertz CT molecular complexity index is 1200. The molecule has 0 aliphatic rings. The topological polar surface area (TPSA) is 50.4 Å². The van der Waals surface area contributed by atoms with Crippen molar-refractivity contribution in [2.45, 2.75) is 5.25 Å². The second-order valence-corrected chi connectivity index (χ2v) is 7.31. The van der Waals surface area contributed by atoms with Crippen LogP contribution in [-0.2, 0) is 0 Å². The van der Waals surface area contributed by atoms with E-state index in [0.29, 0.717) is 21.3 Å². The lowest BCUT2D eigenvalue weighted by atomic mass is 10.1. The van der Waals surface area contributed by atoms with Crippen molar-refractivity contribution in [3.8, 4) is 17.1 Å². The summed E-state index contributed by atoms with van der Waals surface area (Å²) in [6.07, 6.45) is 0. The minimum Gasteiger partial charge on any atom is -0.493 e. The summed E-state index contributed by atoms with van der Waals surface area (Å²) in [4.78, 5) is 4.38. The standard InChI is InChI=1S/C19H11Cl2F2N3OS/c20-10-4-2-5-11(21)17(10)13-7-15-24-14(8-16(27)26(15)25-13)19(28)9-3-1-6-12(22)18(9)23/h1-8,19,27-28H. The molecule has 0 aliphatic carbocycles. The molecule has 0 bridgehead atoms. The van der Waals surface area contributed by atoms with Crippen molar-refractivity contribution in [1.82, 2.24) is 14.6 Å². The van der Waals surface area contributed by atoms with Crippen LogP contribution in [0, 0.1) is 11.6 Å². The van der Waals surface area contributed by atoms with Crippen LogP contribution < -0.4 is 0 Å². The quantitative estimate of drug-likeness (QED) is 0.403. The predicted octanol–water partition coefficient (Wildman–Crippen LogP) is 5.71. The van der Waals surface area contributed by atoms with E-state index in [2.05, 4.69) is 22.7 Å². The van der Waals surface area contributed by atoms with Crippen molar-refractivity contribution in [2.24, 2.45) is 0 Å². The molecule has 0 fully saturated rings. The van der Waals surface area contributed by atoms with Gasteiger partial charge in [0.15, 0.2) is 17.3 Å². The molecule has 9 heteroatoms. The molecule has 2 aromatic heterocycles. The van der Waals surface area contributed by atoms with E-state index in [1.54, 1.807) is 24.3 Å². The highest BCUT2D eigenvalue weighted by Gasteiger charge is 2.21. The second-order valence-electron chi connectivity index (χ2n) is 5.98. The first kappa shape index (κ1) is 19.0. The molecule has 1 unspecified atom stereocenters. The minimum absolute atomic E-state index is 0.00784. The Balaban J connectivity index is 1.84. The van der Waals surface area contributed by atoms with Gasteiger partial charge in [0.05, 0.1) is 26.7 Å². The molecule has 4 nitrogen and oxygen atoms in total. The van der Waals surface area contributed by atoms with Gasteiger partial charge < -0.3 is 5.11 Å². The van der Waals surface area contributed by atoms with Gasteiger partial charge in [0.2, 0.25) is 5.88 Å². The first-order valence-electron chi connectivity index (χ1n) is 8.03. The van der Waals surface area contributed by atoms with Crippen LogP contribution in [0.3, 0.4) is 0 Å². The van der Waals surface area contributed by atoms with E-state index in [1.165, 1.54) is 22.7 Å². The van der Waals surface area contributed by atoms with E-state index >= 15 is 0 Å². The smallest absolute Gasteiger partial charge is 0.215 e. The Labute approximate surface area is 173 Å². The van der Waals surface area contributed by atoms with E-state index in [4.69, 9.17) is 23.2 Å². The van der Waals surface area contributed by atoms with Crippen LogP contribution in [0.15, 0.2) is 48.5 Å². The van der Waals surface area contributed by atoms with E-state index < -0.39 is 16.9 Å². The highest BCUT2D eigenvalue weighted by molar-refractivity contribution is 7.80. The second kappa shape index (κ2) is 7.24. The monoisotopic (exact) mass is 437 g/mol. The Morgan fingerprint density at radius 2 is 1.71 bits per heavy atom. The van der Waals surface area contributed by atoms with Gasteiger partial charge >= 0.3 is 0 Å². The van der Waals surface area contributed by atoms with Crippen LogP contribution in [0.1, 0.15) is 16.5 Å². The third kappa shape index (κ3) is 3.19. The zero-order valence-electron chi connectivity index (χ0n) is 13.9. The minimum atomic E-state index is -1.01. The Morgan fingerprint density at radius 3 is 2.43 bits per heavy atom. The summed E-state index contributed by atoms with van der Waals surface area (Å²) in [5.74, 6) is -2.24.